The third kappa shape index (κ3) is 3.95. The van der Waals surface area contributed by atoms with Gasteiger partial charge in [0.05, 0.1) is 5.60 Å². The second-order valence-electron chi connectivity index (χ2n) is 6.66. The maximum Gasteiger partial charge on any atom is 0.246 e. The summed E-state index contributed by atoms with van der Waals surface area (Å²) in [5.41, 5.74) is -0.246. The van der Waals surface area contributed by atoms with E-state index in [1.54, 1.807) is 0 Å². The summed E-state index contributed by atoms with van der Waals surface area (Å²) in [6, 6.07) is 0.349. The number of carbonyl (C=O) groups is 1. The van der Waals surface area contributed by atoms with E-state index >= 15 is 0 Å². The van der Waals surface area contributed by atoms with Crippen molar-refractivity contribution in [3.05, 3.63) is 0 Å². The molecule has 0 spiro atoms. The van der Waals surface area contributed by atoms with Gasteiger partial charge >= 0.3 is 0 Å². The predicted molar refractivity (Wildman–Crippen MR) is 71.3 cm³/mol. The molecule has 1 saturated heterocycles. The highest BCUT2D eigenvalue weighted by molar-refractivity contribution is 5.77. The van der Waals surface area contributed by atoms with Gasteiger partial charge in [-0.1, -0.05) is 0 Å². The van der Waals surface area contributed by atoms with Gasteiger partial charge in [-0.2, -0.15) is 0 Å². The number of hydrogen-bond donors (Lipinski definition) is 2. The van der Waals surface area contributed by atoms with E-state index in [1.807, 2.05) is 20.8 Å². The molecule has 0 aromatic rings. The average molecular weight is 254 g/mol. The Kier molecular flexibility index (Phi) is 4.28. The van der Waals surface area contributed by atoms with E-state index in [4.69, 9.17) is 4.74 Å². The molecule has 0 aromatic heterocycles. The lowest BCUT2D eigenvalue weighted by Crippen LogP contribution is -2.43. The molecular formula is C14H26N2O2. The van der Waals surface area contributed by atoms with Gasteiger partial charge in [-0.25, -0.2) is 0 Å². The zero-order chi connectivity index (χ0) is 13.2. The quantitative estimate of drug-likeness (QED) is 0.798. The minimum Gasteiger partial charge on any atom is -0.366 e. The number of ether oxygens (including phenoxy) is 1. The minimum absolute atomic E-state index is 0.0272. The van der Waals surface area contributed by atoms with Gasteiger partial charge in [0.2, 0.25) is 5.91 Å². The lowest BCUT2D eigenvalue weighted by atomic mass is 9.79. The summed E-state index contributed by atoms with van der Waals surface area (Å²) >= 11 is 0. The molecule has 1 aliphatic carbocycles. The van der Waals surface area contributed by atoms with Gasteiger partial charge in [0, 0.05) is 6.04 Å². The Morgan fingerprint density at radius 2 is 2.00 bits per heavy atom. The summed E-state index contributed by atoms with van der Waals surface area (Å²) in [6.07, 6.45) is 3.48. The molecule has 3 atom stereocenters. The third-order valence-electron chi connectivity index (χ3n) is 3.95. The van der Waals surface area contributed by atoms with Crippen molar-refractivity contribution in [3.8, 4) is 0 Å². The van der Waals surface area contributed by atoms with E-state index in [0.29, 0.717) is 6.04 Å². The standard InChI is InChI=1S/C14H26N2O2/c1-14(2,3)18-9-13(17)16-12-5-4-10-7-15-8-11(10)6-12/h10-12,15H,4-9H2,1-3H3,(H,16,17)/t10-,11+,12?/m0/s1. The van der Waals surface area contributed by atoms with Crippen LogP contribution in [-0.2, 0) is 9.53 Å². The van der Waals surface area contributed by atoms with Crippen LogP contribution in [-0.4, -0.2) is 37.2 Å². The Morgan fingerprint density at radius 3 is 2.72 bits per heavy atom. The molecule has 2 N–H and O–H groups in total. The van der Waals surface area contributed by atoms with Gasteiger partial charge < -0.3 is 15.4 Å². The highest BCUT2D eigenvalue weighted by atomic mass is 16.5. The zero-order valence-corrected chi connectivity index (χ0v) is 11.8. The molecule has 0 radical (unpaired) electrons. The van der Waals surface area contributed by atoms with Crippen molar-refractivity contribution in [2.24, 2.45) is 11.8 Å². The fourth-order valence-corrected chi connectivity index (χ4v) is 2.98. The molecule has 1 heterocycles. The maximum atomic E-state index is 11.8. The van der Waals surface area contributed by atoms with E-state index in [9.17, 15) is 4.79 Å². The molecule has 1 saturated carbocycles. The van der Waals surface area contributed by atoms with Crippen LogP contribution in [0.1, 0.15) is 40.0 Å². The first-order valence-electron chi connectivity index (χ1n) is 7.08. The van der Waals surface area contributed by atoms with Crippen LogP contribution >= 0.6 is 0 Å². The molecule has 1 amide bonds. The Labute approximate surface area is 110 Å². The second kappa shape index (κ2) is 5.57. The molecule has 4 heteroatoms. The molecule has 104 valence electrons. The van der Waals surface area contributed by atoms with Crippen molar-refractivity contribution >= 4 is 5.91 Å². The highest BCUT2D eigenvalue weighted by Crippen LogP contribution is 2.32. The fraction of sp³-hybridized carbons (Fsp3) is 0.929. The van der Waals surface area contributed by atoms with Crippen molar-refractivity contribution in [3.63, 3.8) is 0 Å². The van der Waals surface area contributed by atoms with Crippen LogP contribution in [0.3, 0.4) is 0 Å². The molecule has 2 aliphatic rings. The average Bonchev–Trinajstić information content (AvgIpc) is 2.72. The van der Waals surface area contributed by atoms with E-state index in [1.165, 1.54) is 13.0 Å². The van der Waals surface area contributed by atoms with E-state index in [2.05, 4.69) is 10.6 Å². The van der Waals surface area contributed by atoms with E-state index in [-0.39, 0.29) is 18.1 Å². The van der Waals surface area contributed by atoms with Crippen molar-refractivity contribution in [1.82, 2.24) is 10.6 Å². The monoisotopic (exact) mass is 254 g/mol. The van der Waals surface area contributed by atoms with Gasteiger partial charge in [-0.05, 0) is 65.0 Å². The molecule has 2 rings (SSSR count). The molecule has 1 unspecified atom stereocenters. The molecule has 0 bridgehead atoms. The number of amides is 1. The lowest BCUT2D eigenvalue weighted by molar-refractivity contribution is -0.131. The van der Waals surface area contributed by atoms with Crippen LogP contribution in [0.15, 0.2) is 0 Å². The van der Waals surface area contributed by atoms with Crippen LogP contribution in [0.25, 0.3) is 0 Å². The van der Waals surface area contributed by atoms with Crippen LogP contribution in [0.2, 0.25) is 0 Å². The van der Waals surface area contributed by atoms with Crippen LogP contribution < -0.4 is 10.6 Å². The largest absolute Gasteiger partial charge is 0.366 e. The van der Waals surface area contributed by atoms with Gasteiger partial charge in [-0.15, -0.1) is 0 Å². The zero-order valence-electron chi connectivity index (χ0n) is 11.8. The number of rotatable bonds is 3. The summed E-state index contributed by atoms with van der Waals surface area (Å²) in [5.74, 6) is 1.62. The van der Waals surface area contributed by atoms with Gasteiger partial charge in [0.15, 0.2) is 0 Å². The van der Waals surface area contributed by atoms with E-state index in [0.717, 1.165) is 31.2 Å². The Hall–Kier alpha value is -0.610. The number of nitrogens with one attached hydrogen (secondary N) is 2. The first kappa shape index (κ1) is 13.8. The van der Waals surface area contributed by atoms with Crippen LogP contribution in [0.5, 0.6) is 0 Å². The Bertz CT molecular complexity index is 299. The molecule has 2 fully saturated rings. The van der Waals surface area contributed by atoms with Gasteiger partial charge in [0.25, 0.3) is 0 Å². The van der Waals surface area contributed by atoms with Crippen molar-refractivity contribution in [1.29, 1.82) is 0 Å². The van der Waals surface area contributed by atoms with E-state index < -0.39 is 0 Å². The van der Waals surface area contributed by atoms with Crippen LogP contribution in [0, 0.1) is 11.8 Å². The van der Waals surface area contributed by atoms with Crippen molar-refractivity contribution in [2.45, 2.75) is 51.7 Å². The molecule has 1 aliphatic heterocycles. The summed E-state index contributed by atoms with van der Waals surface area (Å²) in [5, 5.41) is 6.56. The summed E-state index contributed by atoms with van der Waals surface area (Å²) < 4.78 is 5.49. The summed E-state index contributed by atoms with van der Waals surface area (Å²) in [4.78, 5) is 11.8. The lowest BCUT2D eigenvalue weighted by Gasteiger charge is -2.31. The second-order valence-corrected chi connectivity index (χ2v) is 6.66. The Morgan fingerprint density at radius 1 is 1.28 bits per heavy atom. The molecule has 18 heavy (non-hydrogen) atoms. The third-order valence-corrected chi connectivity index (χ3v) is 3.95. The van der Waals surface area contributed by atoms with Crippen molar-refractivity contribution in [2.75, 3.05) is 19.7 Å². The predicted octanol–water partition coefficient (Wildman–Crippen LogP) is 1.31. The van der Waals surface area contributed by atoms with Gasteiger partial charge in [-0.3, -0.25) is 4.79 Å². The topological polar surface area (TPSA) is 50.4 Å². The maximum absolute atomic E-state index is 11.8. The number of carbonyl (C=O) groups excluding carboxylic acids is 1. The molecule has 4 nitrogen and oxygen atoms in total. The normalized spacial score (nSPS) is 32.1. The molecule has 0 aromatic carbocycles. The minimum atomic E-state index is -0.246. The Balaban J connectivity index is 1.71. The summed E-state index contributed by atoms with van der Waals surface area (Å²) in [7, 11) is 0. The smallest absolute Gasteiger partial charge is 0.246 e. The number of fused-ring (bicyclic) bond motifs is 1. The van der Waals surface area contributed by atoms with Crippen molar-refractivity contribution < 1.29 is 9.53 Å². The van der Waals surface area contributed by atoms with Crippen LogP contribution in [0.4, 0.5) is 0 Å². The molecular weight excluding hydrogens is 228 g/mol. The first-order chi connectivity index (χ1) is 8.44. The number of hydrogen-bond acceptors (Lipinski definition) is 3. The summed E-state index contributed by atoms with van der Waals surface area (Å²) in [6.45, 7) is 8.36. The SMILES string of the molecule is CC(C)(C)OCC(=O)NC1CC[C@H]2CNC[C@H]2C1. The fourth-order valence-electron chi connectivity index (χ4n) is 2.98. The van der Waals surface area contributed by atoms with Gasteiger partial charge in [0.1, 0.15) is 6.61 Å². The highest BCUT2D eigenvalue weighted by Gasteiger charge is 2.34. The first-order valence-corrected chi connectivity index (χ1v) is 7.08.